The highest BCUT2D eigenvalue weighted by molar-refractivity contribution is 7.89. The van der Waals surface area contributed by atoms with Gasteiger partial charge in [-0.05, 0) is 19.1 Å². The van der Waals surface area contributed by atoms with Gasteiger partial charge in [0.1, 0.15) is 0 Å². The molecule has 1 aliphatic rings. The summed E-state index contributed by atoms with van der Waals surface area (Å²) in [6.45, 7) is 4.60. The molecule has 0 unspecified atom stereocenters. The van der Waals surface area contributed by atoms with E-state index < -0.39 is 10.0 Å². The molecule has 2 rings (SSSR count). The molecule has 1 fully saturated rings. The Balaban J connectivity index is 1.93. The predicted molar refractivity (Wildman–Crippen MR) is 83.3 cm³/mol. The van der Waals surface area contributed by atoms with Crippen molar-refractivity contribution in [3.05, 3.63) is 29.8 Å². The van der Waals surface area contributed by atoms with E-state index in [0.29, 0.717) is 44.0 Å². The van der Waals surface area contributed by atoms with E-state index in [-0.39, 0.29) is 5.91 Å². The molecule has 0 aliphatic carbocycles. The van der Waals surface area contributed by atoms with Crippen molar-refractivity contribution in [2.24, 2.45) is 5.84 Å². The lowest BCUT2D eigenvalue weighted by Gasteiger charge is -2.33. The summed E-state index contributed by atoms with van der Waals surface area (Å²) in [5.41, 5.74) is 3.12. The van der Waals surface area contributed by atoms with E-state index in [1.807, 2.05) is 6.92 Å². The van der Waals surface area contributed by atoms with Crippen LogP contribution in [0.4, 0.5) is 0 Å². The maximum absolute atomic E-state index is 12.5. The van der Waals surface area contributed by atoms with Crippen molar-refractivity contribution < 1.29 is 13.2 Å². The van der Waals surface area contributed by atoms with Gasteiger partial charge in [0.2, 0.25) is 15.9 Å². The molecule has 0 atom stereocenters. The van der Waals surface area contributed by atoms with Crippen LogP contribution in [0, 0.1) is 6.92 Å². The minimum atomic E-state index is -3.43. The number of hydrogen-bond donors (Lipinski definition) is 2. The van der Waals surface area contributed by atoms with E-state index in [1.54, 1.807) is 24.3 Å². The number of hydrogen-bond acceptors (Lipinski definition) is 5. The van der Waals surface area contributed by atoms with Gasteiger partial charge in [-0.25, -0.2) is 14.3 Å². The van der Waals surface area contributed by atoms with E-state index in [1.165, 1.54) is 4.31 Å². The number of carbonyl (C=O) groups excluding carboxylic acids is 1. The third-order valence-corrected chi connectivity index (χ3v) is 5.72. The van der Waals surface area contributed by atoms with Gasteiger partial charge in [-0.3, -0.25) is 10.2 Å². The second kappa shape index (κ2) is 7.19. The molecule has 0 radical (unpaired) electrons. The number of carbonyl (C=O) groups is 1. The number of aryl methyl sites for hydroxylation is 1. The van der Waals surface area contributed by atoms with E-state index in [9.17, 15) is 13.2 Å². The zero-order valence-corrected chi connectivity index (χ0v) is 13.5. The summed E-state index contributed by atoms with van der Waals surface area (Å²) >= 11 is 0. The fourth-order valence-electron chi connectivity index (χ4n) is 2.38. The van der Waals surface area contributed by atoms with Gasteiger partial charge < -0.3 is 4.90 Å². The smallest absolute Gasteiger partial charge is 0.243 e. The fourth-order valence-corrected chi connectivity index (χ4v) is 3.81. The number of rotatable bonds is 5. The molecule has 1 amide bonds. The van der Waals surface area contributed by atoms with Crippen molar-refractivity contribution in [1.82, 2.24) is 14.6 Å². The molecule has 1 aliphatic heterocycles. The molecule has 1 heterocycles. The molecule has 3 N–H and O–H groups in total. The molecule has 0 aromatic heterocycles. The molecule has 1 aromatic carbocycles. The largest absolute Gasteiger partial charge is 0.300 e. The van der Waals surface area contributed by atoms with E-state index in [0.717, 1.165) is 5.56 Å². The van der Waals surface area contributed by atoms with Crippen molar-refractivity contribution in [3.63, 3.8) is 0 Å². The molecule has 1 aromatic rings. The predicted octanol–water partition coefficient (Wildman–Crippen LogP) is -0.319. The highest BCUT2D eigenvalue weighted by Crippen LogP contribution is 2.18. The third kappa shape index (κ3) is 4.04. The number of hydrazine groups is 1. The number of nitrogens with one attached hydrogen (secondary N) is 1. The molecule has 0 spiro atoms. The van der Waals surface area contributed by atoms with Crippen molar-refractivity contribution >= 4 is 15.9 Å². The SMILES string of the molecule is Cc1ccc(S(=O)(=O)N2CCN(CCC(=O)NN)CC2)cc1. The van der Waals surface area contributed by atoms with Crippen LogP contribution in [0.15, 0.2) is 29.2 Å². The van der Waals surface area contributed by atoms with Crippen LogP contribution in [0.5, 0.6) is 0 Å². The molecule has 22 heavy (non-hydrogen) atoms. The monoisotopic (exact) mass is 326 g/mol. The zero-order chi connectivity index (χ0) is 16.2. The van der Waals surface area contributed by atoms with Crippen molar-refractivity contribution in [2.45, 2.75) is 18.2 Å². The number of benzene rings is 1. The summed E-state index contributed by atoms with van der Waals surface area (Å²) in [6.07, 6.45) is 0.321. The third-order valence-electron chi connectivity index (χ3n) is 3.81. The van der Waals surface area contributed by atoms with Crippen LogP contribution >= 0.6 is 0 Å². The quantitative estimate of drug-likeness (QED) is 0.439. The minimum absolute atomic E-state index is 0.213. The van der Waals surface area contributed by atoms with Crippen LogP contribution < -0.4 is 11.3 Å². The molecule has 0 saturated carbocycles. The van der Waals surface area contributed by atoms with E-state index in [4.69, 9.17) is 5.84 Å². The first-order valence-corrected chi connectivity index (χ1v) is 8.66. The minimum Gasteiger partial charge on any atom is -0.300 e. The number of nitrogens with zero attached hydrogens (tertiary/aromatic N) is 2. The van der Waals surface area contributed by atoms with Gasteiger partial charge in [0.15, 0.2) is 0 Å². The lowest BCUT2D eigenvalue weighted by molar-refractivity contribution is -0.121. The first-order valence-electron chi connectivity index (χ1n) is 7.22. The Hall–Kier alpha value is -1.48. The number of amides is 1. The topological polar surface area (TPSA) is 95.7 Å². The highest BCUT2D eigenvalue weighted by atomic mass is 32.2. The zero-order valence-electron chi connectivity index (χ0n) is 12.7. The van der Waals surface area contributed by atoms with Crippen molar-refractivity contribution in [2.75, 3.05) is 32.7 Å². The second-order valence-electron chi connectivity index (χ2n) is 5.38. The van der Waals surface area contributed by atoms with E-state index in [2.05, 4.69) is 10.3 Å². The Labute approximate surface area is 131 Å². The summed E-state index contributed by atoms with van der Waals surface area (Å²) < 4.78 is 26.6. The maximum atomic E-state index is 12.5. The molecule has 122 valence electrons. The standard InChI is InChI=1S/C14H22N4O3S/c1-12-2-4-13(5-3-12)22(20,21)18-10-8-17(9-11-18)7-6-14(19)16-15/h2-5H,6-11,15H2,1H3,(H,16,19). The Kier molecular flexibility index (Phi) is 5.52. The first kappa shape index (κ1) is 16.9. The average Bonchev–Trinajstić information content (AvgIpc) is 2.53. The van der Waals surface area contributed by atoms with Gasteiger partial charge in [0, 0.05) is 39.1 Å². The summed E-state index contributed by atoms with van der Waals surface area (Å²) in [4.78, 5) is 13.5. The van der Waals surface area contributed by atoms with Gasteiger partial charge in [0.25, 0.3) is 0 Å². The number of nitrogens with two attached hydrogens (primary N) is 1. The Morgan fingerprint density at radius 2 is 1.77 bits per heavy atom. The molecular weight excluding hydrogens is 304 g/mol. The van der Waals surface area contributed by atoms with Crippen LogP contribution in [0.3, 0.4) is 0 Å². The maximum Gasteiger partial charge on any atom is 0.243 e. The second-order valence-corrected chi connectivity index (χ2v) is 7.31. The van der Waals surface area contributed by atoms with Crippen LogP contribution in [-0.2, 0) is 14.8 Å². The molecule has 0 bridgehead atoms. The Morgan fingerprint density at radius 3 is 2.32 bits per heavy atom. The molecule has 7 nitrogen and oxygen atoms in total. The highest BCUT2D eigenvalue weighted by Gasteiger charge is 2.28. The summed E-state index contributed by atoms with van der Waals surface area (Å²) in [5.74, 6) is 4.82. The Morgan fingerprint density at radius 1 is 1.18 bits per heavy atom. The van der Waals surface area contributed by atoms with Crippen molar-refractivity contribution in [1.29, 1.82) is 0 Å². The average molecular weight is 326 g/mol. The molecular formula is C14H22N4O3S. The molecule has 1 saturated heterocycles. The van der Waals surface area contributed by atoms with Gasteiger partial charge in [-0.1, -0.05) is 17.7 Å². The lowest BCUT2D eigenvalue weighted by Crippen LogP contribution is -2.49. The van der Waals surface area contributed by atoms with Gasteiger partial charge >= 0.3 is 0 Å². The lowest BCUT2D eigenvalue weighted by atomic mass is 10.2. The van der Waals surface area contributed by atoms with Crippen LogP contribution in [0.1, 0.15) is 12.0 Å². The summed E-state index contributed by atoms with van der Waals surface area (Å²) in [7, 11) is -3.43. The van der Waals surface area contributed by atoms with Crippen molar-refractivity contribution in [3.8, 4) is 0 Å². The van der Waals surface area contributed by atoms with Crippen LogP contribution in [0.2, 0.25) is 0 Å². The first-order chi connectivity index (χ1) is 10.4. The summed E-state index contributed by atoms with van der Waals surface area (Å²) in [5, 5.41) is 0. The van der Waals surface area contributed by atoms with E-state index >= 15 is 0 Å². The van der Waals surface area contributed by atoms with Gasteiger partial charge in [-0.15, -0.1) is 0 Å². The Bertz CT molecular complexity index is 607. The fraction of sp³-hybridized carbons (Fsp3) is 0.500. The summed E-state index contributed by atoms with van der Waals surface area (Å²) in [6, 6.07) is 6.88. The van der Waals surface area contributed by atoms with Gasteiger partial charge in [-0.2, -0.15) is 4.31 Å². The number of sulfonamides is 1. The van der Waals surface area contributed by atoms with Gasteiger partial charge in [0.05, 0.1) is 4.90 Å². The van der Waals surface area contributed by atoms with Crippen LogP contribution in [0.25, 0.3) is 0 Å². The normalized spacial score (nSPS) is 17.4. The van der Waals surface area contributed by atoms with Crippen LogP contribution in [-0.4, -0.2) is 56.3 Å². The molecule has 8 heteroatoms. The number of piperazine rings is 1.